The molecule has 4 aliphatic rings. The third-order valence-corrected chi connectivity index (χ3v) is 10.0. The van der Waals surface area contributed by atoms with Crippen molar-refractivity contribution in [3.8, 4) is 0 Å². The Balaban J connectivity index is 1.66. The maximum Gasteiger partial charge on any atom is 0.136 e. The molecular weight excluding hydrogens is 308 g/mol. The van der Waals surface area contributed by atoms with Gasteiger partial charge in [-0.15, -0.1) is 0 Å². The molecule has 2 heteroatoms. The van der Waals surface area contributed by atoms with Gasteiger partial charge in [-0.25, -0.2) is 0 Å². The van der Waals surface area contributed by atoms with Crippen molar-refractivity contribution < 1.29 is 9.90 Å². The Kier molecular flexibility index (Phi) is 4.38. The lowest BCUT2D eigenvalue weighted by atomic mass is 9.43. The van der Waals surface area contributed by atoms with Gasteiger partial charge in [-0.05, 0) is 105 Å². The average Bonchev–Trinajstić information content (AvgIpc) is 2.96. The number of fused-ring (bicyclic) bond motifs is 5. The van der Waals surface area contributed by atoms with Gasteiger partial charge in [-0.1, -0.05) is 20.8 Å². The van der Waals surface area contributed by atoms with E-state index in [9.17, 15) is 9.90 Å². The minimum Gasteiger partial charge on any atom is -0.396 e. The molecule has 4 aliphatic carbocycles. The van der Waals surface area contributed by atoms with Crippen molar-refractivity contribution in [3.05, 3.63) is 0 Å². The zero-order valence-electron chi connectivity index (χ0n) is 16.8. The minimum absolute atomic E-state index is 0.188. The van der Waals surface area contributed by atoms with Crippen LogP contribution in [0.1, 0.15) is 79.1 Å². The molecule has 1 N–H and O–H groups in total. The molecule has 4 rings (SSSR count). The second-order valence-electron chi connectivity index (χ2n) is 10.6. The van der Waals surface area contributed by atoms with Crippen LogP contribution in [0.2, 0.25) is 0 Å². The molecule has 0 aromatic rings. The van der Waals surface area contributed by atoms with E-state index in [1.54, 1.807) is 0 Å². The molecule has 4 fully saturated rings. The molecule has 0 amide bonds. The van der Waals surface area contributed by atoms with Gasteiger partial charge in [-0.3, -0.25) is 4.79 Å². The Bertz CT molecular complexity index is 542. The number of carbonyl (C=O) groups excluding carboxylic acids is 1. The maximum atomic E-state index is 12.8. The topological polar surface area (TPSA) is 37.3 Å². The summed E-state index contributed by atoms with van der Waals surface area (Å²) in [6.45, 7) is 9.56. The van der Waals surface area contributed by atoms with Crippen LogP contribution in [0.4, 0.5) is 0 Å². The van der Waals surface area contributed by atoms with E-state index in [2.05, 4.69) is 20.8 Å². The summed E-state index contributed by atoms with van der Waals surface area (Å²) in [5.74, 6) is 5.32. The molecule has 25 heavy (non-hydrogen) atoms. The molecule has 0 aromatic carbocycles. The van der Waals surface area contributed by atoms with Gasteiger partial charge in [0.05, 0.1) is 0 Å². The van der Waals surface area contributed by atoms with Gasteiger partial charge in [0.2, 0.25) is 0 Å². The predicted molar refractivity (Wildman–Crippen MR) is 101 cm³/mol. The molecule has 0 radical (unpaired) electrons. The monoisotopic (exact) mass is 346 g/mol. The highest BCUT2D eigenvalue weighted by Gasteiger charge is 2.63. The molecule has 0 aromatic heterocycles. The van der Waals surface area contributed by atoms with Gasteiger partial charge in [0.15, 0.2) is 0 Å². The molecule has 0 aliphatic heterocycles. The third-order valence-electron chi connectivity index (χ3n) is 10.0. The largest absolute Gasteiger partial charge is 0.396 e. The Labute approximate surface area is 154 Å². The third kappa shape index (κ3) is 2.35. The van der Waals surface area contributed by atoms with Gasteiger partial charge < -0.3 is 5.11 Å². The fourth-order valence-corrected chi connectivity index (χ4v) is 8.58. The number of ketones is 1. The summed E-state index contributed by atoms with van der Waals surface area (Å²) in [6, 6.07) is 0. The number of Topliss-reactive ketones (excluding diaryl/α,β-unsaturated/α-hetero) is 1. The van der Waals surface area contributed by atoms with Crippen molar-refractivity contribution in [3.63, 3.8) is 0 Å². The zero-order chi connectivity index (χ0) is 18.0. The van der Waals surface area contributed by atoms with E-state index in [4.69, 9.17) is 0 Å². The van der Waals surface area contributed by atoms with Crippen LogP contribution in [-0.2, 0) is 4.79 Å². The van der Waals surface area contributed by atoms with Crippen molar-refractivity contribution in [2.24, 2.45) is 52.3 Å². The molecule has 0 bridgehead atoms. The van der Waals surface area contributed by atoms with E-state index in [1.165, 1.54) is 38.5 Å². The summed E-state index contributed by atoms with van der Waals surface area (Å²) in [6.07, 6.45) is 10.0. The summed E-state index contributed by atoms with van der Waals surface area (Å²) in [5.41, 5.74) is 0.307. The van der Waals surface area contributed by atoms with Crippen LogP contribution in [-0.4, -0.2) is 17.5 Å². The first-order valence-electron chi connectivity index (χ1n) is 11.0. The number of hydrogen-bond acceptors (Lipinski definition) is 2. The van der Waals surface area contributed by atoms with Crippen molar-refractivity contribution in [1.82, 2.24) is 0 Å². The number of rotatable bonds is 2. The smallest absolute Gasteiger partial charge is 0.136 e. The molecule has 0 spiro atoms. The Morgan fingerprint density at radius 2 is 1.80 bits per heavy atom. The maximum absolute atomic E-state index is 12.8. The van der Waals surface area contributed by atoms with Crippen LogP contribution in [0.25, 0.3) is 0 Å². The molecule has 2 nitrogen and oxygen atoms in total. The standard InChI is InChI=1S/C23H38O2/c1-14-11-17-5-7-19-20(22(17,4)12-15(14)2)9-10-23(16(3)25)18(13-24)6-8-21(19)23/h14-15,17-21,24H,5-13H2,1-4H3/t14-,15-,17-,18+,19+,20-,21-,22-,23-/m0/s1. The van der Waals surface area contributed by atoms with E-state index in [-0.39, 0.29) is 17.9 Å². The van der Waals surface area contributed by atoms with Crippen LogP contribution in [0.3, 0.4) is 0 Å². The van der Waals surface area contributed by atoms with Crippen molar-refractivity contribution in [2.45, 2.75) is 79.1 Å². The van der Waals surface area contributed by atoms with Crippen LogP contribution in [0, 0.1) is 52.3 Å². The van der Waals surface area contributed by atoms with Gasteiger partial charge >= 0.3 is 0 Å². The van der Waals surface area contributed by atoms with Crippen LogP contribution >= 0.6 is 0 Å². The highest BCUT2D eigenvalue weighted by molar-refractivity contribution is 5.83. The van der Waals surface area contributed by atoms with E-state index in [1.807, 2.05) is 6.92 Å². The number of aliphatic hydroxyl groups is 1. The van der Waals surface area contributed by atoms with Crippen molar-refractivity contribution >= 4 is 5.78 Å². The van der Waals surface area contributed by atoms with Gasteiger partial charge in [-0.2, -0.15) is 0 Å². The molecule has 4 saturated carbocycles. The van der Waals surface area contributed by atoms with E-state index in [0.717, 1.165) is 42.4 Å². The van der Waals surface area contributed by atoms with Crippen LogP contribution < -0.4 is 0 Å². The molecule has 0 heterocycles. The SMILES string of the molecule is CC(=O)[C@]12CC[C@H]3[C@@H](CC[C@H]4C[C@H](C)[C@@H](C)C[C@@]43C)[C@@H]1CC[C@@H]2CO. The first-order chi connectivity index (χ1) is 11.8. The highest BCUT2D eigenvalue weighted by Crippen LogP contribution is 2.68. The number of aliphatic hydroxyl groups excluding tert-OH is 1. The predicted octanol–water partition coefficient (Wildman–Crippen LogP) is 5.09. The van der Waals surface area contributed by atoms with E-state index < -0.39 is 0 Å². The highest BCUT2D eigenvalue weighted by atomic mass is 16.3. The van der Waals surface area contributed by atoms with Gasteiger partial charge in [0.25, 0.3) is 0 Å². The Morgan fingerprint density at radius 3 is 2.48 bits per heavy atom. The minimum atomic E-state index is -0.188. The lowest BCUT2D eigenvalue weighted by Crippen LogP contribution is -2.56. The van der Waals surface area contributed by atoms with Crippen LogP contribution in [0.5, 0.6) is 0 Å². The Hall–Kier alpha value is -0.370. The normalized spacial score (nSPS) is 55.2. The molecule has 9 atom stereocenters. The van der Waals surface area contributed by atoms with Gasteiger partial charge in [0, 0.05) is 12.0 Å². The van der Waals surface area contributed by atoms with Crippen molar-refractivity contribution in [2.75, 3.05) is 6.61 Å². The molecule has 142 valence electrons. The summed E-state index contributed by atoms with van der Waals surface area (Å²) in [5, 5.41) is 9.96. The van der Waals surface area contributed by atoms with Crippen molar-refractivity contribution in [1.29, 1.82) is 0 Å². The lowest BCUT2D eigenvalue weighted by molar-refractivity contribution is -0.155. The zero-order valence-corrected chi connectivity index (χ0v) is 16.8. The summed E-state index contributed by atoms with van der Waals surface area (Å²) < 4.78 is 0. The average molecular weight is 347 g/mol. The molecule has 0 saturated heterocycles. The number of carbonyl (C=O) groups is 1. The molecular formula is C23H38O2. The fourth-order valence-electron chi connectivity index (χ4n) is 8.58. The molecule has 0 unspecified atom stereocenters. The Morgan fingerprint density at radius 1 is 1.04 bits per heavy atom. The first-order valence-corrected chi connectivity index (χ1v) is 11.0. The second kappa shape index (κ2) is 6.08. The van der Waals surface area contributed by atoms with E-state index in [0.29, 0.717) is 17.1 Å². The fraction of sp³-hybridized carbons (Fsp3) is 0.957. The summed E-state index contributed by atoms with van der Waals surface area (Å²) in [7, 11) is 0. The van der Waals surface area contributed by atoms with Gasteiger partial charge in [0.1, 0.15) is 5.78 Å². The first kappa shape index (κ1) is 18.0. The second-order valence-corrected chi connectivity index (χ2v) is 10.6. The van der Waals surface area contributed by atoms with E-state index >= 15 is 0 Å². The summed E-state index contributed by atoms with van der Waals surface area (Å²) in [4.78, 5) is 12.8. The lowest BCUT2D eigenvalue weighted by Gasteiger charge is -2.62. The quantitative estimate of drug-likeness (QED) is 0.756. The number of hydrogen-bond donors (Lipinski definition) is 1. The van der Waals surface area contributed by atoms with Crippen LogP contribution in [0.15, 0.2) is 0 Å². The summed E-state index contributed by atoms with van der Waals surface area (Å²) >= 11 is 0.